The van der Waals surface area contributed by atoms with Gasteiger partial charge in [-0.3, -0.25) is 9.59 Å². The van der Waals surface area contributed by atoms with Crippen molar-refractivity contribution in [3.63, 3.8) is 0 Å². The Labute approximate surface area is 198 Å². The normalized spacial score (nSPS) is 18.3. The number of hydrogen-bond acceptors (Lipinski definition) is 4. The molecule has 2 heterocycles. The van der Waals surface area contributed by atoms with E-state index in [2.05, 4.69) is 13.8 Å². The second kappa shape index (κ2) is 8.95. The highest BCUT2D eigenvalue weighted by Crippen LogP contribution is 2.44. The summed E-state index contributed by atoms with van der Waals surface area (Å²) in [4.78, 5) is 27.5. The van der Waals surface area contributed by atoms with Crippen LogP contribution in [0.5, 0.6) is 11.5 Å². The Balaban J connectivity index is 1.38. The highest BCUT2D eigenvalue weighted by molar-refractivity contribution is 6.36. The number of halogens is 2. The first kappa shape index (κ1) is 22.9. The van der Waals surface area contributed by atoms with Crippen LogP contribution >= 0.6 is 23.2 Å². The molecule has 1 fully saturated rings. The predicted molar refractivity (Wildman–Crippen MR) is 125 cm³/mol. The SMILES string of the molecule is CC(Oc1ccc(C(C)C)cc1)C(=O)N1CCC2(CC1)CC(=O)c1cc(Cl)cc(Cl)c1O2. The number of benzene rings is 2. The van der Waals surface area contributed by atoms with Gasteiger partial charge in [0.05, 0.1) is 17.0 Å². The molecule has 0 aromatic heterocycles. The fourth-order valence-electron chi connectivity index (χ4n) is 4.37. The molecule has 32 heavy (non-hydrogen) atoms. The molecule has 1 atom stereocenters. The van der Waals surface area contributed by atoms with Crippen molar-refractivity contribution in [2.45, 2.75) is 57.7 Å². The second-order valence-electron chi connectivity index (χ2n) is 8.96. The minimum Gasteiger partial charge on any atom is -0.484 e. The summed E-state index contributed by atoms with van der Waals surface area (Å²) in [5.74, 6) is 1.41. The lowest BCUT2D eigenvalue weighted by Gasteiger charge is -2.44. The average molecular weight is 476 g/mol. The standard InChI is InChI=1S/C25H27Cl2NO4/c1-15(2)17-4-6-19(7-5-17)31-16(3)24(30)28-10-8-25(9-11-28)14-22(29)20-12-18(26)13-21(27)23(20)32-25/h4-7,12-13,15-16H,8-11,14H2,1-3H3. The smallest absolute Gasteiger partial charge is 0.263 e. The number of Topliss-reactive ketones (excluding diaryl/α,β-unsaturated/α-hetero) is 1. The number of ether oxygens (including phenoxy) is 2. The van der Waals surface area contributed by atoms with Crippen molar-refractivity contribution in [1.29, 1.82) is 0 Å². The number of likely N-dealkylation sites (tertiary alicyclic amines) is 1. The summed E-state index contributed by atoms with van der Waals surface area (Å²) in [5.41, 5.74) is 1.01. The number of carbonyl (C=O) groups excluding carboxylic acids is 2. The summed E-state index contributed by atoms with van der Waals surface area (Å²) in [6.45, 7) is 7.02. The number of fused-ring (bicyclic) bond motifs is 1. The van der Waals surface area contributed by atoms with Crippen LogP contribution in [-0.2, 0) is 4.79 Å². The zero-order chi connectivity index (χ0) is 23.0. The van der Waals surface area contributed by atoms with Crippen LogP contribution in [0.1, 0.15) is 61.9 Å². The van der Waals surface area contributed by atoms with Crippen LogP contribution < -0.4 is 9.47 Å². The number of nitrogens with zero attached hydrogens (tertiary/aromatic N) is 1. The van der Waals surface area contributed by atoms with E-state index < -0.39 is 11.7 Å². The quantitative estimate of drug-likeness (QED) is 0.551. The zero-order valence-electron chi connectivity index (χ0n) is 18.5. The van der Waals surface area contributed by atoms with E-state index in [1.807, 2.05) is 24.3 Å². The molecule has 2 aromatic rings. The van der Waals surface area contributed by atoms with Gasteiger partial charge in [-0.05, 0) is 42.7 Å². The number of carbonyl (C=O) groups is 2. The first-order valence-electron chi connectivity index (χ1n) is 10.9. The van der Waals surface area contributed by atoms with Crippen LogP contribution in [0.25, 0.3) is 0 Å². The second-order valence-corrected chi connectivity index (χ2v) is 9.80. The maximum absolute atomic E-state index is 13.0. The van der Waals surface area contributed by atoms with Crippen LogP contribution in [0.15, 0.2) is 36.4 Å². The Morgan fingerprint density at radius 1 is 1.09 bits per heavy atom. The topological polar surface area (TPSA) is 55.8 Å². The Hall–Kier alpha value is -2.24. The minimum absolute atomic E-state index is 0.0306. The molecular weight excluding hydrogens is 449 g/mol. The van der Waals surface area contributed by atoms with E-state index >= 15 is 0 Å². The average Bonchev–Trinajstić information content (AvgIpc) is 2.75. The molecule has 2 aromatic carbocycles. The third-order valence-electron chi connectivity index (χ3n) is 6.30. The Bertz CT molecular complexity index is 1030. The molecule has 2 aliphatic rings. The minimum atomic E-state index is -0.644. The van der Waals surface area contributed by atoms with Crippen molar-refractivity contribution < 1.29 is 19.1 Å². The van der Waals surface area contributed by atoms with Crippen LogP contribution in [0.2, 0.25) is 10.0 Å². The number of rotatable bonds is 4. The fourth-order valence-corrected chi connectivity index (χ4v) is 4.90. The predicted octanol–water partition coefficient (Wildman–Crippen LogP) is 5.91. The van der Waals surface area contributed by atoms with Gasteiger partial charge in [-0.2, -0.15) is 0 Å². The van der Waals surface area contributed by atoms with Gasteiger partial charge in [0.15, 0.2) is 11.9 Å². The monoisotopic (exact) mass is 475 g/mol. The van der Waals surface area contributed by atoms with Crippen molar-refractivity contribution in [2.24, 2.45) is 0 Å². The fraction of sp³-hybridized carbons (Fsp3) is 0.440. The molecule has 0 saturated carbocycles. The molecule has 1 saturated heterocycles. The van der Waals surface area contributed by atoms with Gasteiger partial charge in [-0.15, -0.1) is 0 Å². The molecule has 1 amide bonds. The molecule has 1 unspecified atom stereocenters. The van der Waals surface area contributed by atoms with E-state index in [0.717, 1.165) is 0 Å². The first-order chi connectivity index (χ1) is 15.2. The first-order valence-corrected chi connectivity index (χ1v) is 11.7. The third-order valence-corrected chi connectivity index (χ3v) is 6.80. The summed E-state index contributed by atoms with van der Waals surface area (Å²) in [6.07, 6.45) is 0.768. The lowest BCUT2D eigenvalue weighted by molar-refractivity contribution is -0.141. The van der Waals surface area contributed by atoms with Crippen molar-refractivity contribution in [2.75, 3.05) is 13.1 Å². The van der Waals surface area contributed by atoms with Gasteiger partial charge in [-0.25, -0.2) is 0 Å². The van der Waals surface area contributed by atoms with Crippen molar-refractivity contribution >= 4 is 34.9 Å². The number of ketones is 1. The molecule has 4 rings (SSSR count). The lowest BCUT2D eigenvalue weighted by Crippen LogP contribution is -2.54. The van der Waals surface area contributed by atoms with Gasteiger partial charge in [0.25, 0.3) is 5.91 Å². The van der Waals surface area contributed by atoms with E-state index in [4.69, 9.17) is 32.7 Å². The molecular formula is C25H27Cl2NO4. The summed E-state index contributed by atoms with van der Waals surface area (Å²) >= 11 is 12.3. The summed E-state index contributed by atoms with van der Waals surface area (Å²) in [7, 11) is 0. The molecule has 0 aliphatic carbocycles. The van der Waals surface area contributed by atoms with Gasteiger partial charge >= 0.3 is 0 Å². The van der Waals surface area contributed by atoms with E-state index in [9.17, 15) is 9.59 Å². The number of hydrogen-bond donors (Lipinski definition) is 0. The summed E-state index contributed by atoms with van der Waals surface area (Å²) < 4.78 is 12.1. The van der Waals surface area contributed by atoms with Crippen LogP contribution in [0, 0.1) is 0 Å². The highest BCUT2D eigenvalue weighted by atomic mass is 35.5. The van der Waals surface area contributed by atoms with E-state index in [1.165, 1.54) is 5.56 Å². The Kier molecular flexibility index (Phi) is 6.42. The molecule has 1 spiro atoms. The third kappa shape index (κ3) is 4.60. The largest absolute Gasteiger partial charge is 0.484 e. The molecule has 7 heteroatoms. The molecule has 5 nitrogen and oxygen atoms in total. The maximum Gasteiger partial charge on any atom is 0.263 e. The van der Waals surface area contributed by atoms with Crippen molar-refractivity contribution in [3.8, 4) is 11.5 Å². The maximum atomic E-state index is 13.0. The molecule has 2 aliphatic heterocycles. The molecule has 0 radical (unpaired) electrons. The van der Waals surface area contributed by atoms with Crippen LogP contribution in [0.4, 0.5) is 0 Å². The Morgan fingerprint density at radius 3 is 2.38 bits per heavy atom. The Morgan fingerprint density at radius 2 is 1.75 bits per heavy atom. The van der Waals surface area contributed by atoms with Gasteiger partial charge in [0, 0.05) is 31.0 Å². The highest BCUT2D eigenvalue weighted by Gasteiger charge is 2.45. The van der Waals surface area contributed by atoms with Gasteiger partial charge < -0.3 is 14.4 Å². The molecule has 0 bridgehead atoms. The summed E-state index contributed by atoms with van der Waals surface area (Å²) in [6, 6.07) is 11.0. The van der Waals surface area contributed by atoms with Crippen LogP contribution in [-0.4, -0.2) is 41.4 Å². The van der Waals surface area contributed by atoms with Gasteiger partial charge in [0.2, 0.25) is 0 Å². The van der Waals surface area contributed by atoms with E-state index in [0.29, 0.717) is 59.0 Å². The van der Waals surface area contributed by atoms with Crippen LogP contribution in [0.3, 0.4) is 0 Å². The zero-order valence-corrected chi connectivity index (χ0v) is 20.0. The van der Waals surface area contributed by atoms with E-state index in [1.54, 1.807) is 24.0 Å². The van der Waals surface area contributed by atoms with Crippen molar-refractivity contribution in [3.05, 3.63) is 57.6 Å². The molecule has 170 valence electrons. The van der Waals surface area contributed by atoms with E-state index in [-0.39, 0.29) is 18.1 Å². The number of amides is 1. The van der Waals surface area contributed by atoms with Gasteiger partial charge in [-0.1, -0.05) is 49.2 Å². The number of piperidine rings is 1. The molecule has 0 N–H and O–H groups in total. The summed E-state index contributed by atoms with van der Waals surface area (Å²) in [5, 5.41) is 0.749. The van der Waals surface area contributed by atoms with Gasteiger partial charge in [0.1, 0.15) is 17.1 Å². The van der Waals surface area contributed by atoms with Crippen molar-refractivity contribution in [1.82, 2.24) is 4.90 Å². The lowest BCUT2D eigenvalue weighted by atomic mass is 9.82.